The van der Waals surface area contributed by atoms with Gasteiger partial charge < -0.3 is 5.32 Å². The largest absolute Gasteiger partial charge is 0.352 e. The molecule has 0 radical (unpaired) electrons. The molecule has 1 aromatic carbocycles. The number of carbonyl (C=O) groups is 1. The van der Waals surface area contributed by atoms with E-state index in [4.69, 9.17) is 0 Å². The summed E-state index contributed by atoms with van der Waals surface area (Å²) in [4.78, 5) is 11.8. The van der Waals surface area contributed by atoms with Gasteiger partial charge in [0, 0.05) is 18.2 Å². The van der Waals surface area contributed by atoms with E-state index in [2.05, 4.69) is 5.32 Å². The van der Waals surface area contributed by atoms with Crippen LogP contribution in [0.25, 0.3) is 0 Å². The molecular formula is C14H20N2O3S. The zero-order valence-electron chi connectivity index (χ0n) is 12.0. The third-order valence-corrected chi connectivity index (χ3v) is 5.38. The van der Waals surface area contributed by atoms with Crippen LogP contribution in [0.5, 0.6) is 0 Å². The minimum Gasteiger partial charge on any atom is -0.352 e. The summed E-state index contributed by atoms with van der Waals surface area (Å²) in [5.41, 5.74) is 2.19. The molecule has 20 heavy (non-hydrogen) atoms. The van der Waals surface area contributed by atoms with Crippen LogP contribution in [-0.2, 0) is 16.4 Å². The minimum absolute atomic E-state index is 0.0782. The Labute approximate surface area is 120 Å². The van der Waals surface area contributed by atoms with E-state index in [0.29, 0.717) is 24.2 Å². The Morgan fingerprint density at radius 1 is 1.40 bits per heavy atom. The van der Waals surface area contributed by atoms with Crippen molar-refractivity contribution in [1.82, 2.24) is 5.32 Å². The molecule has 1 aliphatic heterocycles. The fraction of sp³-hybridized carbons (Fsp3) is 0.500. The Balaban J connectivity index is 2.40. The molecule has 0 fully saturated rings. The second-order valence-corrected chi connectivity index (χ2v) is 7.09. The zero-order chi connectivity index (χ0) is 14.9. The van der Waals surface area contributed by atoms with Crippen LogP contribution in [0.3, 0.4) is 0 Å². The normalized spacial score (nSPS) is 17.9. The number of hydrogen-bond acceptors (Lipinski definition) is 3. The predicted molar refractivity (Wildman–Crippen MR) is 79.6 cm³/mol. The molecule has 0 unspecified atom stereocenters. The number of carbonyl (C=O) groups excluding carboxylic acids is 1. The number of rotatable bonds is 4. The molecule has 0 spiro atoms. The molecule has 1 aliphatic rings. The van der Waals surface area contributed by atoms with E-state index in [-0.39, 0.29) is 17.7 Å². The van der Waals surface area contributed by atoms with Crippen molar-refractivity contribution in [1.29, 1.82) is 0 Å². The molecule has 0 aliphatic carbocycles. The van der Waals surface area contributed by atoms with Crippen molar-refractivity contribution in [3.8, 4) is 0 Å². The van der Waals surface area contributed by atoms with Crippen LogP contribution >= 0.6 is 0 Å². The first kappa shape index (κ1) is 14.8. The summed E-state index contributed by atoms with van der Waals surface area (Å²) < 4.78 is 25.8. The lowest BCUT2D eigenvalue weighted by molar-refractivity contribution is 0.0955. The van der Waals surface area contributed by atoms with Crippen LogP contribution < -0.4 is 9.62 Å². The van der Waals surface area contributed by atoms with Gasteiger partial charge in [0.05, 0.1) is 11.4 Å². The molecule has 0 saturated carbocycles. The van der Waals surface area contributed by atoms with Crippen molar-refractivity contribution in [2.24, 2.45) is 0 Å². The second-order valence-electron chi connectivity index (χ2n) is 4.95. The molecular weight excluding hydrogens is 276 g/mol. The van der Waals surface area contributed by atoms with E-state index in [1.165, 1.54) is 4.31 Å². The number of amides is 1. The summed E-state index contributed by atoms with van der Waals surface area (Å²) >= 11 is 0. The van der Waals surface area contributed by atoms with Gasteiger partial charge in [-0.1, -0.05) is 0 Å². The molecule has 6 heteroatoms. The van der Waals surface area contributed by atoms with Gasteiger partial charge in [-0.3, -0.25) is 9.10 Å². The summed E-state index contributed by atoms with van der Waals surface area (Å²) in [6.07, 6.45) is 0.641. The van der Waals surface area contributed by atoms with Crippen molar-refractivity contribution in [3.05, 3.63) is 29.3 Å². The Bertz CT molecular complexity index is 625. The van der Waals surface area contributed by atoms with E-state index >= 15 is 0 Å². The first-order valence-corrected chi connectivity index (χ1v) is 8.44. The topological polar surface area (TPSA) is 66.5 Å². The standard InChI is InChI=1S/C14H20N2O3S/c1-4-15-14(17)11-6-7-13-12(9-11)8-10(3)16(13)20(18,19)5-2/h6-7,9-10H,4-5,8H2,1-3H3,(H,15,17)/t10-/m0/s1. The molecule has 2 rings (SSSR count). The van der Waals surface area contributed by atoms with Gasteiger partial charge in [0.15, 0.2) is 0 Å². The summed E-state index contributed by atoms with van der Waals surface area (Å²) in [6.45, 7) is 5.97. The molecule has 110 valence electrons. The quantitative estimate of drug-likeness (QED) is 0.916. The number of nitrogens with zero attached hydrogens (tertiary/aromatic N) is 1. The lowest BCUT2D eigenvalue weighted by Crippen LogP contribution is -2.36. The van der Waals surface area contributed by atoms with Crippen molar-refractivity contribution >= 4 is 21.6 Å². The fourth-order valence-corrected chi connectivity index (χ4v) is 3.95. The van der Waals surface area contributed by atoms with E-state index in [1.807, 2.05) is 13.8 Å². The van der Waals surface area contributed by atoms with Crippen molar-refractivity contribution in [2.75, 3.05) is 16.6 Å². The van der Waals surface area contributed by atoms with Crippen LogP contribution in [-0.4, -0.2) is 32.7 Å². The number of fused-ring (bicyclic) bond motifs is 1. The smallest absolute Gasteiger partial charge is 0.251 e. The zero-order valence-corrected chi connectivity index (χ0v) is 12.8. The summed E-state index contributed by atoms with van der Waals surface area (Å²) in [6, 6.07) is 5.11. The van der Waals surface area contributed by atoms with E-state index in [0.717, 1.165) is 5.56 Å². The number of anilines is 1. The number of nitrogens with one attached hydrogen (secondary N) is 1. The maximum absolute atomic E-state index is 12.1. The summed E-state index contributed by atoms with van der Waals surface area (Å²) in [5, 5.41) is 2.75. The predicted octanol–water partition coefficient (Wildman–Crippen LogP) is 1.54. The number of hydrogen-bond donors (Lipinski definition) is 1. The maximum Gasteiger partial charge on any atom is 0.251 e. The highest BCUT2D eigenvalue weighted by Crippen LogP contribution is 2.35. The van der Waals surface area contributed by atoms with Crippen LogP contribution in [0.15, 0.2) is 18.2 Å². The van der Waals surface area contributed by atoms with Crippen molar-refractivity contribution in [3.63, 3.8) is 0 Å². The molecule has 0 bridgehead atoms. The SMILES string of the molecule is CCNC(=O)c1ccc2c(c1)C[C@H](C)N2S(=O)(=O)CC. The highest BCUT2D eigenvalue weighted by molar-refractivity contribution is 7.92. The van der Waals surface area contributed by atoms with Gasteiger partial charge in [-0.15, -0.1) is 0 Å². The van der Waals surface area contributed by atoms with Crippen LogP contribution in [0.1, 0.15) is 36.7 Å². The minimum atomic E-state index is -3.27. The van der Waals surface area contributed by atoms with Crippen molar-refractivity contribution in [2.45, 2.75) is 33.2 Å². The summed E-state index contributed by atoms with van der Waals surface area (Å²) in [7, 11) is -3.27. The molecule has 5 nitrogen and oxygen atoms in total. The summed E-state index contributed by atoms with van der Waals surface area (Å²) in [5.74, 6) is -0.0470. The number of sulfonamides is 1. The molecule has 0 aromatic heterocycles. The highest BCUT2D eigenvalue weighted by atomic mass is 32.2. The Hall–Kier alpha value is -1.56. The Morgan fingerprint density at radius 3 is 2.70 bits per heavy atom. The molecule has 1 N–H and O–H groups in total. The molecule has 1 amide bonds. The molecule has 1 atom stereocenters. The molecule has 1 aromatic rings. The van der Waals surface area contributed by atoms with Crippen LogP contribution in [0, 0.1) is 0 Å². The van der Waals surface area contributed by atoms with Gasteiger partial charge in [0.2, 0.25) is 10.0 Å². The third kappa shape index (κ3) is 2.52. The van der Waals surface area contributed by atoms with Gasteiger partial charge in [-0.2, -0.15) is 0 Å². The lowest BCUT2D eigenvalue weighted by Gasteiger charge is -2.23. The highest BCUT2D eigenvalue weighted by Gasteiger charge is 2.34. The third-order valence-electron chi connectivity index (χ3n) is 3.50. The molecule has 0 saturated heterocycles. The average Bonchev–Trinajstić information content (AvgIpc) is 2.74. The van der Waals surface area contributed by atoms with Gasteiger partial charge in [0.25, 0.3) is 5.91 Å². The second kappa shape index (κ2) is 5.44. The molecule has 1 heterocycles. The van der Waals surface area contributed by atoms with Gasteiger partial charge in [-0.05, 0) is 51.0 Å². The first-order chi connectivity index (χ1) is 9.40. The monoisotopic (exact) mass is 296 g/mol. The van der Waals surface area contributed by atoms with Crippen LogP contribution in [0.4, 0.5) is 5.69 Å². The number of benzene rings is 1. The maximum atomic E-state index is 12.1. The van der Waals surface area contributed by atoms with E-state index in [9.17, 15) is 13.2 Å². The Kier molecular flexibility index (Phi) is 4.04. The van der Waals surface area contributed by atoms with E-state index in [1.54, 1.807) is 25.1 Å². The lowest BCUT2D eigenvalue weighted by atomic mass is 10.1. The first-order valence-electron chi connectivity index (χ1n) is 6.84. The van der Waals surface area contributed by atoms with Crippen molar-refractivity contribution < 1.29 is 13.2 Å². The van der Waals surface area contributed by atoms with Gasteiger partial charge in [0.1, 0.15) is 0 Å². The van der Waals surface area contributed by atoms with E-state index < -0.39 is 10.0 Å². The van der Waals surface area contributed by atoms with Crippen LogP contribution in [0.2, 0.25) is 0 Å². The van der Waals surface area contributed by atoms with Gasteiger partial charge in [-0.25, -0.2) is 8.42 Å². The Morgan fingerprint density at radius 2 is 2.10 bits per heavy atom. The van der Waals surface area contributed by atoms with Gasteiger partial charge >= 0.3 is 0 Å². The fourth-order valence-electron chi connectivity index (χ4n) is 2.57. The average molecular weight is 296 g/mol.